The third-order valence-corrected chi connectivity index (χ3v) is 2.35. The first kappa shape index (κ1) is 17.5. The first-order valence-corrected chi connectivity index (χ1v) is 6.67. The molecule has 5 nitrogen and oxygen atoms in total. The fraction of sp³-hybridized carbons (Fsp3) is 0.375. The highest BCUT2D eigenvalue weighted by atomic mass is 19.1. The standard InChI is InChI=1S/C16H18FNO4/c1-16(2,3)22-15(21)18-9-5-4-6-11-7-8-12(14(19)20)13(17)10-11/h7-8,10H,5,9H2,1-3H3,(H,18,21)(H,19,20). The van der Waals surface area contributed by atoms with Crippen LogP contribution in [0.2, 0.25) is 0 Å². The van der Waals surface area contributed by atoms with Crippen LogP contribution >= 0.6 is 0 Å². The van der Waals surface area contributed by atoms with Gasteiger partial charge in [0.25, 0.3) is 0 Å². The highest BCUT2D eigenvalue weighted by Crippen LogP contribution is 2.09. The first-order chi connectivity index (χ1) is 10.2. The maximum Gasteiger partial charge on any atom is 0.407 e. The van der Waals surface area contributed by atoms with Gasteiger partial charge in [-0.15, -0.1) is 0 Å². The molecule has 0 bridgehead atoms. The number of alkyl carbamates (subject to hydrolysis) is 1. The molecule has 118 valence electrons. The number of rotatable bonds is 3. The van der Waals surface area contributed by atoms with Crippen molar-refractivity contribution in [1.82, 2.24) is 5.32 Å². The number of nitrogens with one attached hydrogen (secondary N) is 1. The highest BCUT2D eigenvalue weighted by molar-refractivity contribution is 5.88. The molecule has 2 N–H and O–H groups in total. The van der Waals surface area contributed by atoms with E-state index in [1.165, 1.54) is 12.1 Å². The van der Waals surface area contributed by atoms with E-state index in [2.05, 4.69) is 17.2 Å². The zero-order chi connectivity index (χ0) is 16.8. The Labute approximate surface area is 128 Å². The summed E-state index contributed by atoms with van der Waals surface area (Å²) in [6.45, 7) is 5.60. The minimum absolute atomic E-state index is 0.303. The predicted octanol–water partition coefficient (Wildman–Crippen LogP) is 2.79. The largest absolute Gasteiger partial charge is 0.478 e. The van der Waals surface area contributed by atoms with Crippen molar-refractivity contribution in [2.24, 2.45) is 0 Å². The Hall–Kier alpha value is -2.55. The number of carbonyl (C=O) groups excluding carboxylic acids is 1. The minimum atomic E-state index is -1.32. The summed E-state index contributed by atoms with van der Waals surface area (Å²) in [6, 6.07) is 3.67. The monoisotopic (exact) mass is 307 g/mol. The van der Waals surface area contributed by atoms with Crippen LogP contribution in [0.15, 0.2) is 18.2 Å². The van der Waals surface area contributed by atoms with Gasteiger partial charge in [-0.1, -0.05) is 11.8 Å². The normalized spacial score (nSPS) is 10.4. The van der Waals surface area contributed by atoms with Gasteiger partial charge < -0.3 is 15.2 Å². The molecule has 1 aromatic carbocycles. The van der Waals surface area contributed by atoms with Crippen molar-refractivity contribution in [3.8, 4) is 11.8 Å². The van der Waals surface area contributed by atoms with Gasteiger partial charge in [-0.25, -0.2) is 14.0 Å². The van der Waals surface area contributed by atoms with Crippen LogP contribution in [0.5, 0.6) is 0 Å². The number of hydrogen-bond acceptors (Lipinski definition) is 3. The molecule has 0 radical (unpaired) electrons. The van der Waals surface area contributed by atoms with Crippen molar-refractivity contribution in [3.63, 3.8) is 0 Å². The smallest absolute Gasteiger partial charge is 0.407 e. The summed E-state index contributed by atoms with van der Waals surface area (Å²) in [4.78, 5) is 22.0. The summed E-state index contributed by atoms with van der Waals surface area (Å²) in [5.41, 5.74) is -0.573. The van der Waals surface area contributed by atoms with E-state index in [9.17, 15) is 14.0 Å². The van der Waals surface area contributed by atoms with Gasteiger partial charge in [-0.05, 0) is 39.0 Å². The maximum atomic E-state index is 13.4. The summed E-state index contributed by atoms with van der Waals surface area (Å²) in [5.74, 6) is 3.31. The van der Waals surface area contributed by atoms with E-state index < -0.39 is 29.0 Å². The Morgan fingerprint density at radius 2 is 2.05 bits per heavy atom. The van der Waals surface area contributed by atoms with Gasteiger partial charge in [-0.2, -0.15) is 0 Å². The molecular weight excluding hydrogens is 289 g/mol. The molecule has 0 aromatic heterocycles. The fourth-order valence-electron chi connectivity index (χ4n) is 1.47. The topological polar surface area (TPSA) is 75.6 Å². The summed E-state index contributed by atoms with van der Waals surface area (Å²) in [6.07, 6.45) is -0.159. The Balaban J connectivity index is 2.47. The Bertz CT molecular complexity index is 623. The molecule has 0 aliphatic heterocycles. The van der Waals surface area contributed by atoms with Crippen molar-refractivity contribution in [2.75, 3.05) is 6.54 Å². The summed E-state index contributed by atoms with van der Waals surface area (Å²) in [5, 5.41) is 11.3. The number of carbonyl (C=O) groups is 2. The van der Waals surface area contributed by atoms with Gasteiger partial charge in [0.1, 0.15) is 11.4 Å². The summed E-state index contributed by atoms with van der Waals surface area (Å²) >= 11 is 0. The highest BCUT2D eigenvalue weighted by Gasteiger charge is 2.15. The van der Waals surface area contributed by atoms with Gasteiger partial charge >= 0.3 is 12.1 Å². The number of benzene rings is 1. The summed E-state index contributed by atoms with van der Waals surface area (Å²) < 4.78 is 18.5. The van der Waals surface area contributed by atoms with Gasteiger partial charge in [0.2, 0.25) is 0 Å². The second-order valence-corrected chi connectivity index (χ2v) is 5.48. The Morgan fingerprint density at radius 1 is 1.36 bits per heavy atom. The van der Waals surface area contributed by atoms with Crippen LogP contribution in [-0.4, -0.2) is 29.3 Å². The average Bonchev–Trinajstić information content (AvgIpc) is 2.35. The van der Waals surface area contributed by atoms with Crippen LogP contribution in [0.3, 0.4) is 0 Å². The number of ether oxygens (including phenoxy) is 1. The molecule has 1 amide bonds. The maximum absolute atomic E-state index is 13.4. The number of carboxylic acid groups (broad SMARTS) is 1. The molecule has 0 saturated carbocycles. The van der Waals surface area contributed by atoms with Crippen LogP contribution < -0.4 is 5.32 Å². The van der Waals surface area contributed by atoms with Crippen molar-refractivity contribution >= 4 is 12.1 Å². The molecule has 0 fully saturated rings. The summed E-state index contributed by atoms with van der Waals surface area (Å²) in [7, 11) is 0. The molecule has 0 heterocycles. The van der Waals surface area contributed by atoms with Crippen LogP contribution in [0, 0.1) is 17.7 Å². The molecular formula is C16H18FNO4. The van der Waals surface area contributed by atoms with E-state index in [4.69, 9.17) is 9.84 Å². The van der Waals surface area contributed by atoms with E-state index in [-0.39, 0.29) is 0 Å². The molecule has 0 spiro atoms. The van der Waals surface area contributed by atoms with E-state index in [0.717, 1.165) is 6.07 Å². The average molecular weight is 307 g/mol. The second kappa shape index (κ2) is 7.46. The van der Waals surface area contributed by atoms with Gasteiger partial charge in [-0.3, -0.25) is 0 Å². The fourth-order valence-corrected chi connectivity index (χ4v) is 1.47. The van der Waals surface area contributed by atoms with Crippen LogP contribution in [0.25, 0.3) is 0 Å². The quantitative estimate of drug-likeness (QED) is 0.665. The lowest BCUT2D eigenvalue weighted by Crippen LogP contribution is -2.32. The lowest BCUT2D eigenvalue weighted by molar-refractivity contribution is 0.0528. The third-order valence-electron chi connectivity index (χ3n) is 2.35. The third kappa shape index (κ3) is 6.27. The first-order valence-electron chi connectivity index (χ1n) is 6.67. The van der Waals surface area contributed by atoms with Crippen LogP contribution in [0.1, 0.15) is 43.1 Å². The van der Waals surface area contributed by atoms with Gasteiger partial charge in [0.05, 0.1) is 5.56 Å². The Kier molecular flexibility index (Phi) is 5.93. The van der Waals surface area contributed by atoms with Gasteiger partial charge in [0.15, 0.2) is 0 Å². The second-order valence-electron chi connectivity index (χ2n) is 5.48. The Morgan fingerprint density at radius 3 is 2.59 bits per heavy atom. The molecule has 1 aromatic rings. The van der Waals surface area contributed by atoms with Crippen molar-refractivity contribution in [1.29, 1.82) is 0 Å². The number of hydrogen-bond donors (Lipinski definition) is 2. The number of amides is 1. The van der Waals surface area contributed by atoms with E-state index in [1.807, 2.05) is 0 Å². The van der Waals surface area contributed by atoms with E-state index in [0.29, 0.717) is 18.5 Å². The molecule has 0 atom stereocenters. The SMILES string of the molecule is CC(C)(C)OC(=O)NCCC#Cc1ccc(C(=O)O)c(F)c1. The number of halogens is 1. The van der Waals surface area contributed by atoms with Crippen molar-refractivity contribution < 1.29 is 23.8 Å². The zero-order valence-corrected chi connectivity index (χ0v) is 12.7. The van der Waals surface area contributed by atoms with Crippen molar-refractivity contribution in [2.45, 2.75) is 32.8 Å². The van der Waals surface area contributed by atoms with E-state index >= 15 is 0 Å². The van der Waals surface area contributed by atoms with Crippen LogP contribution in [-0.2, 0) is 4.74 Å². The number of aromatic carboxylic acids is 1. The molecule has 0 aliphatic carbocycles. The zero-order valence-electron chi connectivity index (χ0n) is 12.7. The lowest BCUT2D eigenvalue weighted by Gasteiger charge is -2.19. The van der Waals surface area contributed by atoms with E-state index in [1.54, 1.807) is 20.8 Å². The predicted molar refractivity (Wildman–Crippen MR) is 79.1 cm³/mol. The van der Waals surface area contributed by atoms with Crippen LogP contribution in [0.4, 0.5) is 9.18 Å². The molecule has 6 heteroatoms. The van der Waals surface area contributed by atoms with Gasteiger partial charge in [0, 0.05) is 18.5 Å². The molecule has 0 unspecified atom stereocenters. The molecule has 0 aliphatic rings. The molecule has 0 saturated heterocycles. The minimum Gasteiger partial charge on any atom is -0.478 e. The molecule has 1 rings (SSSR count). The molecule has 22 heavy (non-hydrogen) atoms. The number of carboxylic acids is 1. The lowest BCUT2D eigenvalue weighted by atomic mass is 10.1. The van der Waals surface area contributed by atoms with Crippen molar-refractivity contribution in [3.05, 3.63) is 35.1 Å².